The summed E-state index contributed by atoms with van der Waals surface area (Å²) < 4.78 is 0. The fraction of sp³-hybridized carbons (Fsp3) is 0.818. The summed E-state index contributed by atoms with van der Waals surface area (Å²) in [6.07, 6.45) is 7.03. The smallest absolute Gasteiger partial charge is 0.0297 e. The first-order valence-corrected chi connectivity index (χ1v) is 4.83. The third-order valence-corrected chi connectivity index (χ3v) is 2.77. The first-order valence-electron chi connectivity index (χ1n) is 4.83. The Bertz CT molecular complexity index is 132. The van der Waals surface area contributed by atoms with Crippen LogP contribution in [0.3, 0.4) is 0 Å². The van der Waals surface area contributed by atoms with Crippen molar-refractivity contribution in [2.75, 3.05) is 0 Å². The molecular formula is C11H22O. The van der Waals surface area contributed by atoms with E-state index >= 15 is 0 Å². The van der Waals surface area contributed by atoms with Gasteiger partial charge in [0.25, 0.3) is 0 Å². The lowest BCUT2D eigenvalue weighted by Crippen LogP contribution is -2.12. The van der Waals surface area contributed by atoms with Crippen molar-refractivity contribution in [3.8, 4) is 0 Å². The summed E-state index contributed by atoms with van der Waals surface area (Å²) >= 11 is 0. The molecule has 1 aliphatic carbocycles. The van der Waals surface area contributed by atoms with Crippen molar-refractivity contribution >= 4 is 0 Å². The molecule has 2 N–H and O–H groups in total. The molecule has 0 atom stereocenters. The Morgan fingerprint density at radius 2 is 1.75 bits per heavy atom. The molecule has 0 saturated heterocycles. The number of allylic oxidation sites excluding steroid dienone is 1. The van der Waals surface area contributed by atoms with Gasteiger partial charge in [0.15, 0.2) is 0 Å². The standard InChI is InChI=1S/C11H20.H2O/c1-9(2)8-11-6-4-10(3)5-7-11;/h10-11H,1,4-8H2,2-3H3;1H2. The van der Waals surface area contributed by atoms with Gasteiger partial charge in [0.05, 0.1) is 0 Å². The van der Waals surface area contributed by atoms with E-state index in [0.29, 0.717) is 0 Å². The molecule has 0 unspecified atom stereocenters. The van der Waals surface area contributed by atoms with Gasteiger partial charge in [-0.05, 0) is 38.0 Å². The van der Waals surface area contributed by atoms with Gasteiger partial charge >= 0.3 is 0 Å². The van der Waals surface area contributed by atoms with Gasteiger partial charge in [-0.1, -0.05) is 25.3 Å². The highest BCUT2D eigenvalue weighted by Gasteiger charge is 2.17. The van der Waals surface area contributed by atoms with Gasteiger partial charge in [0.2, 0.25) is 0 Å². The van der Waals surface area contributed by atoms with Crippen molar-refractivity contribution in [2.45, 2.75) is 46.0 Å². The molecule has 1 nitrogen and oxygen atoms in total. The first-order chi connectivity index (χ1) is 5.18. The molecule has 1 heteroatoms. The molecule has 0 bridgehead atoms. The Balaban J connectivity index is 0.00000121. The van der Waals surface area contributed by atoms with Crippen molar-refractivity contribution in [3.63, 3.8) is 0 Å². The van der Waals surface area contributed by atoms with Crippen LogP contribution in [0.4, 0.5) is 0 Å². The Hall–Kier alpha value is -0.300. The molecule has 1 fully saturated rings. The van der Waals surface area contributed by atoms with Crippen LogP contribution < -0.4 is 0 Å². The van der Waals surface area contributed by atoms with Crippen LogP contribution in [0.1, 0.15) is 46.0 Å². The molecule has 0 aliphatic heterocycles. The Labute approximate surface area is 76.2 Å². The molecule has 0 radical (unpaired) electrons. The average molecular weight is 170 g/mol. The lowest BCUT2D eigenvalue weighted by molar-refractivity contribution is 0.289. The Kier molecular flexibility index (Phi) is 5.23. The predicted molar refractivity (Wildman–Crippen MR) is 54.2 cm³/mol. The summed E-state index contributed by atoms with van der Waals surface area (Å²) in [6.45, 7) is 8.49. The molecule has 0 aromatic rings. The average Bonchev–Trinajstić information content (AvgIpc) is 1.93. The van der Waals surface area contributed by atoms with Crippen LogP contribution in [0.5, 0.6) is 0 Å². The van der Waals surface area contributed by atoms with E-state index in [1.807, 2.05) is 0 Å². The van der Waals surface area contributed by atoms with Crippen LogP contribution in [0.2, 0.25) is 0 Å². The molecule has 1 saturated carbocycles. The normalized spacial score (nSPS) is 29.2. The second-order valence-electron chi connectivity index (χ2n) is 4.29. The first kappa shape index (κ1) is 11.7. The van der Waals surface area contributed by atoms with Gasteiger partial charge in [0, 0.05) is 0 Å². The molecule has 0 aromatic carbocycles. The molecule has 72 valence electrons. The largest absolute Gasteiger partial charge is 0.412 e. The second kappa shape index (κ2) is 5.36. The van der Waals surface area contributed by atoms with E-state index in [4.69, 9.17) is 0 Å². The molecule has 0 spiro atoms. The minimum atomic E-state index is 0. The zero-order chi connectivity index (χ0) is 8.27. The predicted octanol–water partition coefficient (Wildman–Crippen LogP) is 2.95. The maximum atomic E-state index is 3.97. The van der Waals surface area contributed by atoms with Crippen LogP contribution in [0.15, 0.2) is 12.2 Å². The SMILES string of the molecule is C=C(C)CC1CCC(C)CC1.O. The van der Waals surface area contributed by atoms with Gasteiger partial charge in [-0.25, -0.2) is 0 Å². The minimum Gasteiger partial charge on any atom is -0.412 e. The summed E-state index contributed by atoms with van der Waals surface area (Å²) in [5.41, 5.74) is 1.37. The van der Waals surface area contributed by atoms with E-state index < -0.39 is 0 Å². The third kappa shape index (κ3) is 3.91. The van der Waals surface area contributed by atoms with E-state index in [2.05, 4.69) is 20.4 Å². The highest BCUT2D eigenvalue weighted by molar-refractivity contribution is 4.91. The highest BCUT2D eigenvalue weighted by Crippen LogP contribution is 2.31. The fourth-order valence-electron chi connectivity index (χ4n) is 2.03. The summed E-state index contributed by atoms with van der Waals surface area (Å²) in [7, 11) is 0. The molecule has 0 aromatic heterocycles. The van der Waals surface area contributed by atoms with Crippen LogP contribution in [0.25, 0.3) is 0 Å². The lowest BCUT2D eigenvalue weighted by atomic mass is 9.80. The zero-order valence-corrected chi connectivity index (χ0v) is 8.40. The number of hydrogen-bond acceptors (Lipinski definition) is 0. The topological polar surface area (TPSA) is 31.5 Å². The molecule has 0 heterocycles. The van der Waals surface area contributed by atoms with Gasteiger partial charge in [0.1, 0.15) is 0 Å². The van der Waals surface area contributed by atoms with Crippen LogP contribution >= 0.6 is 0 Å². The zero-order valence-electron chi connectivity index (χ0n) is 8.40. The fourth-order valence-corrected chi connectivity index (χ4v) is 2.03. The monoisotopic (exact) mass is 170 g/mol. The summed E-state index contributed by atoms with van der Waals surface area (Å²) in [5.74, 6) is 1.94. The molecule has 0 amide bonds. The van der Waals surface area contributed by atoms with Gasteiger partial charge in [-0.15, -0.1) is 6.58 Å². The summed E-state index contributed by atoms with van der Waals surface area (Å²) in [5, 5.41) is 0. The summed E-state index contributed by atoms with van der Waals surface area (Å²) in [6, 6.07) is 0. The number of rotatable bonds is 2. The van der Waals surface area contributed by atoms with Crippen molar-refractivity contribution in [3.05, 3.63) is 12.2 Å². The van der Waals surface area contributed by atoms with E-state index in [1.165, 1.54) is 37.7 Å². The van der Waals surface area contributed by atoms with Crippen molar-refractivity contribution in [2.24, 2.45) is 11.8 Å². The summed E-state index contributed by atoms with van der Waals surface area (Å²) in [4.78, 5) is 0. The molecule has 1 aliphatic rings. The van der Waals surface area contributed by atoms with Crippen molar-refractivity contribution < 1.29 is 5.48 Å². The molecule has 12 heavy (non-hydrogen) atoms. The van der Waals surface area contributed by atoms with Gasteiger partial charge < -0.3 is 5.48 Å². The molecule has 1 rings (SSSR count). The third-order valence-electron chi connectivity index (χ3n) is 2.77. The van der Waals surface area contributed by atoms with E-state index in [-0.39, 0.29) is 5.48 Å². The van der Waals surface area contributed by atoms with Crippen LogP contribution in [-0.2, 0) is 0 Å². The maximum Gasteiger partial charge on any atom is -0.0297 e. The van der Waals surface area contributed by atoms with Crippen LogP contribution in [0, 0.1) is 11.8 Å². The van der Waals surface area contributed by atoms with E-state index in [1.54, 1.807) is 0 Å². The number of hydrogen-bond donors (Lipinski definition) is 0. The van der Waals surface area contributed by atoms with Gasteiger partial charge in [-0.2, -0.15) is 0 Å². The van der Waals surface area contributed by atoms with Crippen molar-refractivity contribution in [1.82, 2.24) is 0 Å². The van der Waals surface area contributed by atoms with E-state index in [9.17, 15) is 0 Å². The van der Waals surface area contributed by atoms with Crippen molar-refractivity contribution in [1.29, 1.82) is 0 Å². The quantitative estimate of drug-likeness (QED) is 0.571. The minimum absolute atomic E-state index is 0. The lowest BCUT2D eigenvalue weighted by Gasteiger charge is -2.26. The second-order valence-corrected chi connectivity index (χ2v) is 4.29. The molecular weight excluding hydrogens is 148 g/mol. The highest BCUT2D eigenvalue weighted by atomic mass is 16.0. The van der Waals surface area contributed by atoms with Gasteiger partial charge in [-0.3, -0.25) is 0 Å². The maximum absolute atomic E-state index is 3.97. The van der Waals surface area contributed by atoms with E-state index in [0.717, 1.165) is 11.8 Å². The Morgan fingerprint density at radius 3 is 2.17 bits per heavy atom. The van der Waals surface area contributed by atoms with Crippen LogP contribution in [-0.4, -0.2) is 5.48 Å². The Morgan fingerprint density at radius 1 is 1.25 bits per heavy atom.